The third-order valence-electron chi connectivity index (χ3n) is 12.7. The number of carboxylic acids is 1. The van der Waals surface area contributed by atoms with Crippen LogP contribution in [0, 0.1) is 39.9 Å². The number of allylic oxidation sites excluding steroid dienone is 2. The Kier molecular flexibility index (Phi) is 10.3. The van der Waals surface area contributed by atoms with Gasteiger partial charge >= 0.3 is 11.9 Å². The minimum absolute atomic E-state index is 0.0474. The average molecular weight is 603 g/mol. The molecule has 0 bridgehead atoms. The molecule has 1 saturated heterocycles. The Hall–Kier alpha value is -1.70. The minimum atomic E-state index is -0.953. The van der Waals surface area contributed by atoms with Gasteiger partial charge in [0, 0.05) is 19.1 Å². The van der Waals surface area contributed by atoms with Crippen LogP contribution in [0.2, 0.25) is 0 Å². The van der Waals surface area contributed by atoms with Crippen LogP contribution < -0.4 is 0 Å². The van der Waals surface area contributed by atoms with Gasteiger partial charge in [-0.15, -0.1) is 0 Å². The highest BCUT2D eigenvalue weighted by atomic mass is 16.5. The lowest BCUT2D eigenvalue weighted by Crippen LogP contribution is -2.65. The van der Waals surface area contributed by atoms with E-state index in [0.29, 0.717) is 43.3 Å². The zero-order chi connectivity index (χ0) is 31.9. The predicted octanol–water partition coefficient (Wildman–Crippen LogP) is 6.85. The number of carbonyl (C=O) groups is 2. The Morgan fingerprint density at radius 1 is 1.00 bits per heavy atom. The van der Waals surface area contributed by atoms with E-state index >= 15 is 0 Å². The number of aliphatic hydroxyl groups excluding tert-OH is 2. The van der Waals surface area contributed by atoms with E-state index in [1.54, 1.807) is 0 Å². The fourth-order valence-electron chi connectivity index (χ4n) is 10.5. The standard InChI is InChI=1S/C31H48O6.C5H10O/c1-17(2)9-8-10-20(28(35)36)26-22-15-24(34)27-29(5)13-12-23(33)18(3)21(29)11-14-30(27,6)31(22,7)16-25(26)37-19(4)32;1-5-3-2-4-6-5/h9,18,21-25,27,33-34H,8,10-16H2,1-7H3,(H,35,36);5H,2-4H2,1H3/b26-20-;/t18-,21-,22-,23+,24+,25-,27-,29-,30-,31-;/m0./s1. The first-order valence-electron chi connectivity index (χ1n) is 16.8. The Bertz CT molecular complexity index is 1100. The molecule has 7 heteroatoms. The van der Waals surface area contributed by atoms with E-state index in [0.717, 1.165) is 43.4 Å². The van der Waals surface area contributed by atoms with Gasteiger partial charge in [0.05, 0.1) is 18.3 Å². The average Bonchev–Trinajstić information content (AvgIpc) is 3.49. The van der Waals surface area contributed by atoms with Crippen LogP contribution in [-0.4, -0.2) is 58.3 Å². The van der Waals surface area contributed by atoms with Crippen molar-refractivity contribution in [3.05, 3.63) is 22.8 Å². The van der Waals surface area contributed by atoms with Crippen LogP contribution in [0.3, 0.4) is 0 Å². The van der Waals surface area contributed by atoms with Gasteiger partial charge in [-0.1, -0.05) is 39.3 Å². The van der Waals surface area contributed by atoms with Crippen molar-refractivity contribution in [2.24, 2.45) is 39.9 Å². The highest BCUT2D eigenvalue weighted by Crippen LogP contribution is 2.74. The largest absolute Gasteiger partial charge is 0.478 e. The number of ether oxygens (including phenoxy) is 2. The fourth-order valence-corrected chi connectivity index (χ4v) is 10.5. The molecule has 3 N–H and O–H groups in total. The van der Waals surface area contributed by atoms with Crippen molar-refractivity contribution in [2.75, 3.05) is 6.61 Å². The molecular weight excluding hydrogens is 544 g/mol. The van der Waals surface area contributed by atoms with Crippen LogP contribution in [-0.2, 0) is 19.1 Å². The van der Waals surface area contributed by atoms with Crippen LogP contribution in [0.1, 0.15) is 120 Å². The van der Waals surface area contributed by atoms with Gasteiger partial charge in [-0.05, 0) is 130 Å². The summed E-state index contributed by atoms with van der Waals surface area (Å²) in [6, 6.07) is 0. The molecule has 7 nitrogen and oxygen atoms in total. The number of carbonyl (C=O) groups excluding carboxylic acids is 1. The van der Waals surface area contributed by atoms with E-state index in [1.807, 2.05) is 19.9 Å². The van der Waals surface area contributed by atoms with Crippen molar-refractivity contribution in [3.63, 3.8) is 0 Å². The third-order valence-corrected chi connectivity index (χ3v) is 12.7. The normalized spacial score (nSPS) is 44.6. The molecule has 0 radical (unpaired) electrons. The van der Waals surface area contributed by atoms with Gasteiger partial charge in [-0.2, -0.15) is 0 Å². The third kappa shape index (κ3) is 6.24. The van der Waals surface area contributed by atoms with E-state index < -0.39 is 24.1 Å². The molecule has 0 aromatic heterocycles. The van der Waals surface area contributed by atoms with Crippen molar-refractivity contribution in [1.29, 1.82) is 0 Å². The van der Waals surface area contributed by atoms with Gasteiger partial charge < -0.3 is 24.8 Å². The second-order valence-electron chi connectivity index (χ2n) is 15.5. The number of esters is 1. The first-order chi connectivity index (χ1) is 20.1. The molecule has 5 fully saturated rings. The summed E-state index contributed by atoms with van der Waals surface area (Å²) in [5.74, 6) is -0.909. The maximum Gasteiger partial charge on any atom is 0.331 e. The van der Waals surface area contributed by atoms with Crippen molar-refractivity contribution in [2.45, 2.75) is 144 Å². The summed E-state index contributed by atoms with van der Waals surface area (Å²) >= 11 is 0. The lowest BCUT2D eigenvalue weighted by molar-refractivity contribution is -0.234. The molecule has 0 aromatic rings. The summed E-state index contributed by atoms with van der Waals surface area (Å²) in [5, 5.41) is 32.9. The molecule has 244 valence electrons. The summed E-state index contributed by atoms with van der Waals surface area (Å²) < 4.78 is 11.0. The van der Waals surface area contributed by atoms with E-state index in [2.05, 4.69) is 34.6 Å². The van der Waals surface area contributed by atoms with Crippen molar-refractivity contribution in [3.8, 4) is 0 Å². The van der Waals surface area contributed by atoms with E-state index in [9.17, 15) is 24.9 Å². The van der Waals surface area contributed by atoms with Gasteiger partial charge in [0.15, 0.2) is 0 Å². The summed E-state index contributed by atoms with van der Waals surface area (Å²) in [7, 11) is 0. The molecule has 0 amide bonds. The van der Waals surface area contributed by atoms with Gasteiger partial charge in [-0.3, -0.25) is 4.79 Å². The molecule has 1 heterocycles. The zero-order valence-corrected chi connectivity index (χ0v) is 27.9. The first kappa shape index (κ1) is 34.2. The second-order valence-corrected chi connectivity index (χ2v) is 15.5. The number of fused-ring (bicyclic) bond motifs is 5. The van der Waals surface area contributed by atoms with Crippen LogP contribution in [0.15, 0.2) is 22.8 Å². The van der Waals surface area contributed by atoms with Crippen LogP contribution in [0.25, 0.3) is 0 Å². The lowest BCUT2D eigenvalue weighted by atomic mass is 9.36. The molecule has 1 aliphatic heterocycles. The van der Waals surface area contributed by atoms with Crippen molar-refractivity contribution in [1.82, 2.24) is 0 Å². The zero-order valence-electron chi connectivity index (χ0n) is 27.9. The number of rotatable bonds is 5. The van der Waals surface area contributed by atoms with E-state index in [-0.39, 0.29) is 40.1 Å². The number of hydrogen-bond donors (Lipinski definition) is 3. The Morgan fingerprint density at radius 3 is 2.23 bits per heavy atom. The highest BCUT2D eigenvalue weighted by Gasteiger charge is 2.70. The smallest absolute Gasteiger partial charge is 0.331 e. The summed E-state index contributed by atoms with van der Waals surface area (Å²) in [4.78, 5) is 24.8. The van der Waals surface area contributed by atoms with Crippen LogP contribution in [0.5, 0.6) is 0 Å². The van der Waals surface area contributed by atoms with Gasteiger partial charge in [0.2, 0.25) is 0 Å². The summed E-state index contributed by atoms with van der Waals surface area (Å²) in [6.07, 6.45) is 9.30. The molecular formula is C36H58O7. The SMILES string of the molecule is CC(=O)O[C@H]1C[C@@]2(C)[C@@H](C[C@@H](O)[C@H]3[C@@]4(C)CC[C@@H](O)[C@@H](C)[C@@H]4CC[C@@]32C)/C1=C(\CCC=C(C)C)C(=O)O.CC1CCCO1. The monoisotopic (exact) mass is 602 g/mol. The fraction of sp³-hybridized carbons (Fsp3) is 0.833. The predicted molar refractivity (Wildman–Crippen MR) is 167 cm³/mol. The molecule has 0 spiro atoms. The quantitative estimate of drug-likeness (QED) is 0.179. The minimum Gasteiger partial charge on any atom is -0.478 e. The molecule has 5 aliphatic rings. The van der Waals surface area contributed by atoms with E-state index in [1.165, 1.54) is 19.8 Å². The number of aliphatic carboxylic acids is 1. The first-order valence-corrected chi connectivity index (χ1v) is 16.8. The van der Waals surface area contributed by atoms with Gasteiger partial charge in [-0.25, -0.2) is 4.79 Å². The Labute approximate surface area is 259 Å². The number of aliphatic hydroxyl groups is 2. The number of carboxylic acid groups (broad SMARTS) is 1. The maximum atomic E-state index is 12.6. The molecule has 1 unspecified atom stereocenters. The molecule has 11 atom stereocenters. The Morgan fingerprint density at radius 2 is 1.70 bits per heavy atom. The summed E-state index contributed by atoms with van der Waals surface area (Å²) in [5.41, 5.74) is 1.57. The van der Waals surface area contributed by atoms with Crippen LogP contribution in [0.4, 0.5) is 0 Å². The summed E-state index contributed by atoms with van der Waals surface area (Å²) in [6.45, 7) is 17.6. The van der Waals surface area contributed by atoms with Gasteiger partial charge in [0.25, 0.3) is 0 Å². The molecule has 4 aliphatic carbocycles. The maximum absolute atomic E-state index is 12.6. The number of hydrogen-bond acceptors (Lipinski definition) is 6. The van der Waals surface area contributed by atoms with Crippen molar-refractivity contribution >= 4 is 11.9 Å². The van der Waals surface area contributed by atoms with Crippen molar-refractivity contribution < 1.29 is 34.4 Å². The van der Waals surface area contributed by atoms with Gasteiger partial charge in [0.1, 0.15) is 6.10 Å². The molecule has 4 saturated carbocycles. The highest BCUT2D eigenvalue weighted by molar-refractivity contribution is 5.88. The molecule has 43 heavy (non-hydrogen) atoms. The topological polar surface area (TPSA) is 113 Å². The molecule has 0 aromatic carbocycles. The lowest BCUT2D eigenvalue weighted by Gasteiger charge is -2.69. The Balaban J connectivity index is 0.000000628. The van der Waals surface area contributed by atoms with Crippen LogP contribution >= 0.6 is 0 Å². The van der Waals surface area contributed by atoms with E-state index in [4.69, 9.17) is 9.47 Å². The second kappa shape index (κ2) is 13.0. The molecule has 5 rings (SSSR count).